The molecule has 0 aliphatic carbocycles. The Morgan fingerprint density at radius 3 is 2.66 bits per heavy atom. The van der Waals surface area contributed by atoms with Crippen LogP contribution in [0.15, 0.2) is 89.9 Å². The van der Waals surface area contributed by atoms with E-state index in [-0.39, 0.29) is 12.1 Å². The Morgan fingerprint density at radius 2 is 2.06 bits per heavy atom. The molecule has 190 valence electrons. The standard InChI is InChI=1S/C27H34F4N4/c1-6-7-8-10-22-16-33-20(5)26(35-25(22)21-11-9-12-23(28)15-21)34-19(4)24(17(2)18(3)32)13-14-27(29,30)31/h7-12,15,17,24,26,33-34H,3-6,13-14,16,32H2,1-2H3/b8-7-,22-10+. The van der Waals surface area contributed by atoms with Crippen LogP contribution in [-0.4, -0.2) is 24.6 Å². The van der Waals surface area contributed by atoms with E-state index in [0.29, 0.717) is 29.2 Å². The van der Waals surface area contributed by atoms with Crippen molar-refractivity contribution in [2.75, 3.05) is 6.54 Å². The quantitative estimate of drug-likeness (QED) is 0.346. The first-order valence-electron chi connectivity index (χ1n) is 11.5. The van der Waals surface area contributed by atoms with E-state index in [1.165, 1.54) is 12.1 Å². The van der Waals surface area contributed by atoms with Crippen LogP contribution in [0, 0.1) is 17.7 Å². The predicted octanol–water partition coefficient (Wildman–Crippen LogP) is 6.12. The molecule has 3 unspecified atom stereocenters. The molecular formula is C27H34F4N4. The van der Waals surface area contributed by atoms with Crippen LogP contribution in [0.2, 0.25) is 0 Å². The lowest BCUT2D eigenvalue weighted by Crippen LogP contribution is -2.37. The summed E-state index contributed by atoms with van der Waals surface area (Å²) in [6.45, 7) is 15.9. The zero-order valence-corrected chi connectivity index (χ0v) is 20.3. The van der Waals surface area contributed by atoms with E-state index < -0.39 is 36.4 Å². The molecule has 0 fully saturated rings. The average molecular weight is 491 g/mol. The van der Waals surface area contributed by atoms with Crippen molar-refractivity contribution in [1.29, 1.82) is 0 Å². The summed E-state index contributed by atoms with van der Waals surface area (Å²) in [7, 11) is 0. The molecule has 1 aliphatic rings. The molecule has 3 atom stereocenters. The highest BCUT2D eigenvalue weighted by atomic mass is 19.4. The van der Waals surface area contributed by atoms with Crippen LogP contribution in [0.1, 0.15) is 38.7 Å². The van der Waals surface area contributed by atoms with Crippen LogP contribution < -0.4 is 16.4 Å². The van der Waals surface area contributed by atoms with E-state index in [2.05, 4.69) is 30.4 Å². The van der Waals surface area contributed by atoms with Crippen LogP contribution in [0.3, 0.4) is 0 Å². The number of aliphatic imine (C=N–C) groups is 1. The maximum Gasteiger partial charge on any atom is 0.389 e. The van der Waals surface area contributed by atoms with Gasteiger partial charge in [0.25, 0.3) is 0 Å². The van der Waals surface area contributed by atoms with Crippen LogP contribution in [0.5, 0.6) is 0 Å². The fourth-order valence-corrected chi connectivity index (χ4v) is 3.74. The van der Waals surface area contributed by atoms with Gasteiger partial charge in [0, 0.05) is 47.5 Å². The molecule has 4 N–H and O–H groups in total. The maximum absolute atomic E-state index is 14.0. The molecular weight excluding hydrogens is 456 g/mol. The predicted molar refractivity (Wildman–Crippen MR) is 135 cm³/mol. The molecule has 1 aromatic rings. The second-order valence-corrected chi connectivity index (χ2v) is 8.59. The third-order valence-corrected chi connectivity index (χ3v) is 5.86. The molecule has 2 rings (SSSR count). The SMILES string of the molecule is C=C1NC/C(=C\C=C/CC)C(c2cccc(F)c2)=NC1NC(=C)C(CCC(F)(F)F)C(C)C(=C)N. The Kier molecular flexibility index (Phi) is 9.92. The van der Waals surface area contributed by atoms with Gasteiger partial charge in [0.2, 0.25) is 0 Å². The number of hydrogen-bond acceptors (Lipinski definition) is 4. The summed E-state index contributed by atoms with van der Waals surface area (Å²) in [5.41, 5.74) is 8.91. The lowest BCUT2D eigenvalue weighted by Gasteiger charge is -2.30. The van der Waals surface area contributed by atoms with Gasteiger partial charge in [-0.15, -0.1) is 0 Å². The van der Waals surface area contributed by atoms with Crippen LogP contribution in [0.4, 0.5) is 17.6 Å². The Hall–Kier alpha value is -3.29. The van der Waals surface area contributed by atoms with Gasteiger partial charge in [0.05, 0.1) is 5.71 Å². The molecule has 4 nitrogen and oxygen atoms in total. The summed E-state index contributed by atoms with van der Waals surface area (Å²) in [6, 6.07) is 6.10. The van der Waals surface area contributed by atoms with Gasteiger partial charge in [-0.3, -0.25) is 4.99 Å². The van der Waals surface area contributed by atoms with E-state index in [0.717, 1.165) is 12.0 Å². The van der Waals surface area contributed by atoms with Gasteiger partial charge >= 0.3 is 6.18 Å². The van der Waals surface area contributed by atoms with Crippen LogP contribution in [-0.2, 0) is 0 Å². The van der Waals surface area contributed by atoms with E-state index in [9.17, 15) is 17.6 Å². The van der Waals surface area contributed by atoms with E-state index >= 15 is 0 Å². The monoisotopic (exact) mass is 490 g/mol. The number of nitrogens with zero attached hydrogens (tertiary/aromatic N) is 1. The summed E-state index contributed by atoms with van der Waals surface area (Å²) in [4.78, 5) is 4.80. The van der Waals surface area contributed by atoms with Crippen molar-refractivity contribution in [3.8, 4) is 0 Å². The van der Waals surface area contributed by atoms with Gasteiger partial charge < -0.3 is 16.4 Å². The third kappa shape index (κ3) is 8.46. The minimum Gasteiger partial charge on any atom is -0.402 e. The molecule has 1 aliphatic heterocycles. The Bertz CT molecular complexity index is 1020. The number of hydrogen-bond donors (Lipinski definition) is 3. The van der Waals surface area contributed by atoms with Crippen molar-refractivity contribution in [1.82, 2.24) is 10.6 Å². The van der Waals surface area contributed by atoms with Crippen molar-refractivity contribution in [3.05, 3.63) is 96.3 Å². The van der Waals surface area contributed by atoms with Gasteiger partial charge in [-0.1, -0.05) is 63.9 Å². The lowest BCUT2D eigenvalue weighted by molar-refractivity contribution is -0.137. The van der Waals surface area contributed by atoms with Gasteiger partial charge in [0.1, 0.15) is 5.82 Å². The van der Waals surface area contributed by atoms with E-state index in [1.807, 2.05) is 25.2 Å². The molecule has 0 aromatic heterocycles. The van der Waals surface area contributed by atoms with Crippen molar-refractivity contribution in [2.45, 2.75) is 45.5 Å². The first kappa shape index (κ1) is 28.0. The highest BCUT2D eigenvalue weighted by molar-refractivity contribution is 6.13. The Morgan fingerprint density at radius 1 is 1.34 bits per heavy atom. The van der Waals surface area contributed by atoms with Gasteiger partial charge in [-0.2, -0.15) is 13.2 Å². The lowest BCUT2D eigenvalue weighted by atomic mass is 9.85. The van der Waals surface area contributed by atoms with Crippen LogP contribution >= 0.6 is 0 Å². The number of benzene rings is 1. The average Bonchev–Trinajstić information content (AvgIpc) is 2.92. The molecule has 0 saturated heterocycles. The molecule has 0 saturated carbocycles. The molecule has 1 heterocycles. The highest BCUT2D eigenvalue weighted by Gasteiger charge is 2.32. The second-order valence-electron chi connectivity index (χ2n) is 8.59. The summed E-state index contributed by atoms with van der Waals surface area (Å²) in [5, 5.41) is 6.34. The number of alkyl halides is 3. The second kappa shape index (κ2) is 12.4. The molecule has 0 amide bonds. The topological polar surface area (TPSA) is 62.4 Å². The zero-order valence-electron chi connectivity index (χ0n) is 20.3. The van der Waals surface area contributed by atoms with Crippen LogP contribution in [0.25, 0.3) is 0 Å². The number of rotatable bonds is 10. The number of nitrogens with two attached hydrogens (primary N) is 1. The summed E-state index contributed by atoms with van der Waals surface area (Å²) in [6.07, 6.45) is 0.412. The number of nitrogens with one attached hydrogen (secondary N) is 2. The largest absolute Gasteiger partial charge is 0.402 e. The smallest absolute Gasteiger partial charge is 0.389 e. The van der Waals surface area contributed by atoms with Gasteiger partial charge in [-0.05, 0) is 30.5 Å². The Labute approximate surface area is 205 Å². The summed E-state index contributed by atoms with van der Waals surface area (Å²) >= 11 is 0. The minimum atomic E-state index is -4.31. The fraction of sp³-hybridized carbons (Fsp3) is 0.370. The van der Waals surface area contributed by atoms with E-state index in [4.69, 9.17) is 10.7 Å². The van der Waals surface area contributed by atoms with Crippen molar-refractivity contribution in [2.24, 2.45) is 22.6 Å². The molecule has 0 radical (unpaired) electrons. The van der Waals surface area contributed by atoms with Gasteiger partial charge in [0.15, 0.2) is 6.17 Å². The molecule has 1 aromatic carbocycles. The minimum absolute atomic E-state index is 0.202. The molecule has 0 bridgehead atoms. The normalized spacial score (nSPS) is 19.6. The maximum atomic E-state index is 14.0. The fourth-order valence-electron chi connectivity index (χ4n) is 3.74. The Balaban J connectivity index is 2.44. The molecule has 35 heavy (non-hydrogen) atoms. The van der Waals surface area contributed by atoms with Gasteiger partial charge in [-0.25, -0.2) is 4.39 Å². The summed E-state index contributed by atoms with van der Waals surface area (Å²) in [5.74, 6) is -1.47. The first-order chi connectivity index (χ1) is 16.4. The van der Waals surface area contributed by atoms with Crippen molar-refractivity contribution < 1.29 is 17.6 Å². The highest BCUT2D eigenvalue weighted by Crippen LogP contribution is 2.32. The third-order valence-electron chi connectivity index (χ3n) is 5.86. The first-order valence-corrected chi connectivity index (χ1v) is 11.5. The number of allylic oxidation sites excluding steroid dienone is 5. The molecule has 0 spiro atoms. The van der Waals surface area contributed by atoms with E-state index in [1.54, 1.807) is 19.1 Å². The van der Waals surface area contributed by atoms with Crippen molar-refractivity contribution in [3.63, 3.8) is 0 Å². The van der Waals surface area contributed by atoms with Crippen molar-refractivity contribution >= 4 is 5.71 Å². The summed E-state index contributed by atoms with van der Waals surface area (Å²) < 4.78 is 52.9. The molecule has 8 heteroatoms. The zero-order chi connectivity index (χ0) is 26.2. The number of halogens is 4.